The first kappa shape index (κ1) is 28.2. The Labute approximate surface area is 219 Å². The lowest BCUT2D eigenvalue weighted by Crippen LogP contribution is -2.73. The molecule has 8 heteroatoms. The molecule has 2 aromatic rings. The highest BCUT2D eigenvalue weighted by atomic mass is 32.2. The van der Waals surface area contributed by atoms with Crippen LogP contribution in [0.3, 0.4) is 0 Å². The van der Waals surface area contributed by atoms with Gasteiger partial charge in [-0.05, 0) is 62.0 Å². The molecule has 0 radical (unpaired) electrons. The number of hydrogen-bond donors (Lipinski definition) is 0. The largest absolute Gasteiger partial charge is 0.756 e. The predicted octanol–water partition coefficient (Wildman–Crippen LogP) is 4.95. The molecule has 1 unspecified atom stereocenters. The quantitative estimate of drug-likeness (QED) is 0.394. The van der Waals surface area contributed by atoms with E-state index in [0.29, 0.717) is 6.54 Å². The third-order valence-corrected chi connectivity index (χ3v) is 13.9. The maximum absolute atomic E-state index is 13.1. The average Bonchev–Trinajstić information content (AvgIpc) is 3.17. The van der Waals surface area contributed by atoms with Crippen molar-refractivity contribution in [3.63, 3.8) is 0 Å². The summed E-state index contributed by atoms with van der Waals surface area (Å²) in [6, 6.07) is 19.9. The Kier molecular flexibility index (Phi) is 8.22. The standard InChI is InChI=1S/C28H40N2O4SSi/c1-26(2,3)34-25(31)29-21-14-19-28(29,7)20-22-30(35(32)33)36(27(4,5)6,23-15-10-8-11-16-23)24-17-12-9-13-18-24/h8-13,15-18,20,22H,14,19,21H2,1-7H3,(H,32,33)/p-1/b22-20+/t28-/m1/s1. The molecule has 3 rings (SSSR count). The van der Waals surface area contributed by atoms with Crippen LogP contribution in [0.25, 0.3) is 0 Å². The molecule has 1 saturated heterocycles. The van der Waals surface area contributed by atoms with Gasteiger partial charge in [0, 0.05) is 24.0 Å². The van der Waals surface area contributed by atoms with E-state index in [1.165, 1.54) is 0 Å². The van der Waals surface area contributed by atoms with Crippen LogP contribution in [0.1, 0.15) is 61.3 Å². The molecule has 1 heterocycles. The van der Waals surface area contributed by atoms with E-state index in [-0.39, 0.29) is 6.09 Å². The molecule has 36 heavy (non-hydrogen) atoms. The maximum atomic E-state index is 13.1. The summed E-state index contributed by atoms with van der Waals surface area (Å²) in [5.41, 5.74) is -1.27. The summed E-state index contributed by atoms with van der Waals surface area (Å²) in [5, 5.41) is 1.60. The van der Waals surface area contributed by atoms with E-state index >= 15 is 0 Å². The van der Waals surface area contributed by atoms with Crippen molar-refractivity contribution in [1.29, 1.82) is 0 Å². The number of hydrogen-bond acceptors (Lipinski definition) is 4. The summed E-state index contributed by atoms with van der Waals surface area (Å²) < 4.78 is 33.3. The van der Waals surface area contributed by atoms with Crippen molar-refractivity contribution in [2.45, 2.75) is 77.5 Å². The second kappa shape index (κ2) is 10.5. The zero-order valence-electron chi connectivity index (χ0n) is 22.5. The summed E-state index contributed by atoms with van der Waals surface area (Å²) >= 11 is -2.55. The van der Waals surface area contributed by atoms with Gasteiger partial charge in [0.2, 0.25) is 8.24 Å². The van der Waals surface area contributed by atoms with Gasteiger partial charge in [0.1, 0.15) is 5.60 Å². The molecule has 0 spiro atoms. The molecule has 1 aliphatic rings. The van der Waals surface area contributed by atoms with Crippen molar-refractivity contribution in [2.75, 3.05) is 6.54 Å². The number of benzene rings is 2. The highest BCUT2D eigenvalue weighted by Gasteiger charge is 2.53. The SMILES string of the molecule is CC(C)(C)OC(=O)N1CCC[C@]1(C)/C=C/N(S(=O)[O-])[Si](c1ccccc1)(c1ccccc1)C(C)(C)C. The average molecular weight is 528 g/mol. The third kappa shape index (κ3) is 5.60. The van der Waals surface area contributed by atoms with Crippen LogP contribution < -0.4 is 10.4 Å². The molecule has 0 saturated carbocycles. The van der Waals surface area contributed by atoms with Crippen molar-refractivity contribution >= 4 is 36.0 Å². The van der Waals surface area contributed by atoms with Crippen LogP contribution in [0.5, 0.6) is 0 Å². The minimum absolute atomic E-state index is 0.382. The fourth-order valence-electron chi connectivity index (χ4n) is 5.25. The monoisotopic (exact) mass is 527 g/mol. The lowest BCUT2D eigenvalue weighted by Gasteiger charge is -2.51. The van der Waals surface area contributed by atoms with Gasteiger partial charge in [-0.25, -0.2) is 4.79 Å². The van der Waals surface area contributed by atoms with Gasteiger partial charge in [0.15, 0.2) is 0 Å². The normalized spacial score (nSPS) is 19.9. The van der Waals surface area contributed by atoms with Gasteiger partial charge in [0.05, 0.1) is 5.54 Å². The molecule has 1 aliphatic heterocycles. The van der Waals surface area contributed by atoms with Crippen molar-refractivity contribution in [3.8, 4) is 0 Å². The maximum Gasteiger partial charge on any atom is 0.410 e. The van der Waals surface area contributed by atoms with Gasteiger partial charge in [-0.3, -0.25) is 9.11 Å². The highest BCUT2D eigenvalue weighted by molar-refractivity contribution is 7.78. The first-order valence-electron chi connectivity index (χ1n) is 12.4. The third-order valence-electron chi connectivity index (χ3n) is 6.82. The van der Waals surface area contributed by atoms with E-state index in [1.807, 2.05) is 94.4 Å². The van der Waals surface area contributed by atoms with Gasteiger partial charge in [-0.1, -0.05) is 81.4 Å². The first-order chi connectivity index (χ1) is 16.7. The molecule has 0 bridgehead atoms. The van der Waals surface area contributed by atoms with Gasteiger partial charge >= 0.3 is 6.09 Å². The number of nitrogens with zero attached hydrogens (tertiary/aromatic N) is 2. The molecule has 1 fully saturated rings. The fourth-order valence-corrected chi connectivity index (χ4v) is 12.6. The highest BCUT2D eigenvalue weighted by Crippen LogP contribution is 2.40. The predicted molar refractivity (Wildman–Crippen MR) is 148 cm³/mol. The first-order valence-corrected chi connectivity index (χ1v) is 15.4. The van der Waals surface area contributed by atoms with E-state index in [9.17, 15) is 13.6 Å². The van der Waals surface area contributed by atoms with Crippen molar-refractivity contribution in [3.05, 3.63) is 72.9 Å². The molecular weight excluding hydrogens is 488 g/mol. The Morgan fingerprint density at radius 1 is 1.03 bits per heavy atom. The van der Waals surface area contributed by atoms with Gasteiger partial charge in [0.25, 0.3) is 0 Å². The van der Waals surface area contributed by atoms with Crippen LogP contribution in [-0.4, -0.2) is 49.6 Å². The molecule has 0 N–H and O–H groups in total. The summed E-state index contributed by atoms with van der Waals surface area (Å²) in [5.74, 6) is 0. The molecule has 0 aliphatic carbocycles. The number of amides is 1. The van der Waals surface area contributed by atoms with Gasteiger partial charge in [-0.2, -0.15) is 0 Å². The van der Waals surface area contributed by atoms with E-state index in [1.54, 1.807) is 15.1 Å². The zero-order valence-corrected chi connectivity index (χ0v) is 24.3. The molecule has 0 aromatic heterocycles. The number of rotatable bonds is 6. The molecule has 1 amide bonds. The Hall–Kier alpha value is -2.42. The lowest BCUT2D eigenvalue weighted by atomic mass is 9.99. The molecular formula is C28H39N2O4SSi-. The van der Waals surface area contributed by atoms with E-state index in [4.69, 9.17) is 4.74 Å². The molecule has 2 aromatic carbocycles. The van der Waals surface area contributed by atoms with Crippen LogP contribution >= 0.6 is 0 Å². The Morgan fingerprint density at radius 3 is 1.94 bits per heavy atom. The summed E-state index contributed by atoms with van der Waals surface area (Å²) in [6.45, 7) is 14.4. The van der Waals surface area contributed by atoms with Crippen molar-refractivity contribution in [1.82, 2.24) is 8.87 Å². The number of ether oxygens (including phenoxy) is 1. The van der Waals surface area contributed by atoms with Crippen molar-refractivity contribution < 1.29 is 18.3 Å². The minimum atomic E-state index is -3.13. The topological polar surface area (TPSA) is 72.9 Å². The Morgan fingerprint density at radius 2 is 1.53 bits per heavy atom. The Balaban J connectivity index is 2.17. The number of carbonyl (C=O) groups is 1. The summed E-state index contributed by atoms with van der Waals surface area (Å²) in [4.78, 5) is 14.7. The second-order valence-electron chi connectivity index (χ2n) is 11.6. The van der Waals surface area contributed by atoms with Crippen LogP contribution in [0.15, 0.2) is 72.9 Å². The van der Waals surface area contributed by atoms with Crippen molar-refractivity contribution in [2.24, 2.45) is 0 Å². The van der Waals surface area contributed by atoms with E-state index < -0.39 is 35.7 Å². The zero-order chi connectivity index (χ0) is 26.8. The number of carbonyl (C=O) groups excluding carboxylic acids is 1. The van der Waals surface area contributed by atoms with E-state index in [0.717, 1.165) is 23.2 Å². The molecule has 2 atom stereocenters. The fraction of sp³-hybridized carbons (Fsp3) is 0.464. The van der Waals surface area contributed by atoms with Gasteiger partial charge < -0.3 is 13.3 Å². The second-order valence-corrected chi connectivity index (χ2v) is 17.4. The smallest absolute Gasteiger partial charge is 0.410 e. The summed E-state index contributed by atoms with van der Waals surface area (Å²) in [6.07, 6.45) is 4.73. The molecule has 196 valence electrons. The van der Waals surface area contributed by atoms with E-state index in [2.05, 4.69) is 20.8 Å². The lowest BCUT2D eigenvalue weighted by molar-refractivity contribution is 0.0168. The Bertz CT molecular complexity index is 1060. The number of likely N-dealkylation sites (tertiary alicyclic amines) is 1. The van der Waals surface area contributed by atoms with Crippen LogP contribution in [0.4, 0.5) is 4.79 Å². The van der Waals surface area contributed by atoms with Gasteiger partial charge in [-0.15, -0.1) is 0 Å². The van der Waals surface area contributed by atoms with Crippen LogP contribution in [-0.2, 0) is 16.0 Å². The summed E-state index contributed by atoms with van der Waals surface area (Å²) in [7, 11) is -3.13. The minimum Gasteiger partial charge on any atom is -0.756 e. The molecule has 6 nitrogen and oxygen atoms in total. The van der Waals surface area contributed by atoms with Crippen LogP contribution in [0, 0.1) is 0 Å². The van der Waals surface area contributed by atoms with Crippen LogP contribution in [0.2, 0.25) is 5.04 Å².